The van der Waals surface area contributed by atoms with Crippen LogP contribution in [0.15, 0.2) is 48.5 Å². The summed E-state index contributed by atoms with van der Waals surface area (Å²) in [4.78, 5) is 26.4. The lowest BCUT2D eigenvalue weighted by atomic mass is 10.2. The Labute approximate surface area is 150 Å². The Balaban J connectivity index is 1.95. The van der Waals surface area contributed by atoms with Crippen molar-refractivity contribution in [2.24, 2.45) is 0 Å². The predicted molar refractivity (Wildman–Crippen MR) is 95.4 cm³/mol. The maximum absolute atomic E-state index is 12.0. The zero-order valence-electron chi connectivity index (χ0n) is 14.3. The molecule has 0 saturated carbocycles. The van der Waals surface area contributed by atoms with Gasteiger partial charge in [0.25, 0.3) is 5.09 Å². The smallest absolute Gasteiger partial charge is 0.294 e. The molecule has 0 radical (unpaired) electrons. The van der Waals surface area contributed by atoms with Crippen LogP contribution in [0.4, 0.5) is 5.69 Å². The summed E-state index contributed by atoms with van der Waals surface area (Å²) in [5, 5.41) is 12.0. The highest BCUT2D eigenvalue weighted by Gasteiger charge is 2.04. The van der Waals surface area contributed by atoms with Crippen molar-refractivity contribution in [2.75, 3.05) is 19.5 Å². The van der Waals surface area contributed by atoms with Gasteiger partial charge in [-0.1, -0.05) is 18.2 Å². The molecule has 136 valence electrons. The van der Waals surface area contributed by atoms with Gasteiger partial charge in [0, 0.05) is 11.8 Å². The molecular weight excluding hydrogens is 340 g/mol. The summed E-state index contributed by atoms with van der Waals surface area (Å²) < 4.78 is 10.4. The van der Waals surface area contributed by atoms with Gasteiger partial charge in [0.05, 0.1) is 14.2 Å². The van der Waals surface area contributed by atoms with E-state index in [1.165, 1.54) is 6.08 Å². The van der Waals surface area contributed by atoms with Crippen LogP contribution < -0.4 is 14.8 Å². The average molecular weight is 358 g/mol. The molecule has 0 unspecified atom stereocenters. The molecule has 1 amide bonds. The van der Waals surface area contributed by atoms with Crippen LogP contribution in [0.25, 0.3) is 6.08 Å². The number of nitrogens with zero attached hydrogens (tertiary/aromatic N) is 1. The Morgan fingerprint density at radius 3 is 2.42 bits per heavy atom. The number of hydrogen-bond acceptors (Lipinski definition) is 6. The van der Waals surface area contributed by atoms with Gasteiger partial charge in [-0.3, -0.25) is 4.79 Å². The molecule has 0 aliphatic carbocycles. The number of amides is 1. The second-order valence-corrected chi connectivity index (χ2v) is 5.13. The molecule has 0 bridgehead atoms. The maximum Gasteiger partial charge on any atom is 0.294 e. The van der Waals surface area contributed by atoms with Crippen molar-refractivity contribution >= 4 is 17.7 Å². The van der Waals surface area contributed by atoms with E-state index in [1.807, 2.05) is 0 Å². The summed E-state index contributed by atoms with van der Waals surface area (Å²) in [6.07, 6.45) is 3.04. The van der Waals surface area contributed by atoms with Crippen LogP contribution in [-0.4, -0.2) is 25.2 Å². The van der Waals surface area contributed by atoms with Gasteiger partial charge < -0.3 is 19.6 Å². The second kappa shape index (κ2) is 9.07. The van der Waals surface area contributed by atoms with E-state index in [-0.39, 0.29) is 12.5 Å². The first-order valence-corrected chi connectivity index (χ1v) is 7.59. The molecule has 0 spiro atoms. The first kappa shape index (κ1) is 18.8. The number of methoxy groups -OCH3 is 2. The number of rotatable bonds is 8. The molecule has 1 N–H and O–H groups in total. The van der Waals surface area contributed by atoms with Crippen molar-refractivity contribution in [1.29, 1.82) is 0 Å². The molecule has 0 aliphatic heterocycles. The van der Waals surface area contributed by atoms with Gasteiger partial charge in [0.15, 0.2) is 11.5 Å². The van der Waals surface area contributed by atoms with Crippen LogP contribution in [-0.2, 0) is 16.2 Å². The number of hydrogen-bond donors (Lipinski definition) is 1. The van der Waals surface area contributed by atoms with Crippen molar-refractivity contribution in [2.45, 2.75) is 6.61 Å². The molecule has 2 aromatic carbocycles. The number of carbonyl (C=O) groups is 1. The molecule has 0 heterocycles. The van der Waals surface area contributed by atoms with E-state index in [0.29, 0.717) is 22.7 Å². The monoisotopic (exact) mass is 358 g/mol. The molecule has 0 saturated heterocycles. The third-order valence-electron chi connectivity index (χ3n) is 3.39. The van der Waals surface area contributed by atoms with Gasteiger partial charge in [-0.15, -0.1) is 10.1 Å². The Hall–Kier alpha value is -3.55. The highest BCUT2D eigenvalue weighted by molar-refractivity contribution is 6.01. The molecule has 0 fully saturated rings. The van der Waals surface area contributed by atoms with Crippen molar-refractivity contribution < 1.29 is 24.2 Å². The van der Waals surface area contributed by atoms with E-state index in [9.17, 15) is 14.9 Å². The molecule has 26 heavy (non-hydrogen) atoms. The minimum absolute atomic E-state index is 0.138. The van der Waals surface area contributed by atoms with Crippen LogP contribution in [0.5, 0.6) is 11.5 Å². The summed E-state index contributed by atoms with van der Waals surface area (Å²) >= 11 is 0. The molecular formula is C18H18N2O6. The Bertz CT molecular complexity index is 802. The zero-order chi connectivity index (χ0) is 18.9. The summed E-state index contributed by atoms with van der Waals surface area (Å²) in [7, 11) is 3.09. The van der Waals surface area contributed by atoms with Gasteiger partial charge in [0.1, 0.15) is 6.61 Å². The van der Waals surface area contributed by atoms with Crippen LogP contribution in [0.2, 0.25) is 0 Å². The largest absolute Gasteiger partial charge is 0.493 e. The summed E-state index contributed by atoms with van der Waals surface area (Å²) in [6.45, 7) is -0.138. The van der Waals surface area contributed by atoms with Gasteiger partial charge in [-0.2, -0.15) is 0 Å². The number of anilines is 1. The van der Waals surface area contributed by atoms with Crippen LogP contribution in [0.1, 0.15) is 11.1 Å². The van der Waals surface area contributed by atoms with Gasteiger partial charge >= 0.3 is 0 Å². The van der Waals surface area contributed by atoms with Crippen LogP contribution >= 0.6 is 0 Å². The van der Waals surface area contributed by atoms with Crippen molar-refractivity contribution in [3.05, 3.63) is 69.8 Å². The van der Waals surface area contributed by atoms with E-state index in [1.54, 1.807) is 62.8 Å². The number of carbonyl (C=O) groups excluding carboxylic acids is 1. The standard InChI is InChI=1S/C18H18N2O6/c1-24-16-9-5-13(11-17(16)25-2)6-10-18(21)19-15-7-3-14(4-8-15)12-26-20(22)23/h3-11H,12H2,1-2H3,(H,19,21). The SMILES string of the molecule is COc1ccc(C=CC(=O)Nc2ccc(CO[N+](=O)[O-])cc2)cc1OC. The van der Waals surface area contributed by atoms with E-state index < -0.39 is 5.09 Å². The second-order valence-electron chi connectivity index (χ2n) is 5.13. The minimum Gasteiger partial charge on any atom is -0.493 e. The fourth-order valence-electron chi connectivity index (χ4n) is 2.12. The van der Waals surface area contributed by atoms with Gasteiger partial charge in [0.2, 0.25) is 5.91 Å². The highest BCUT2D eigenvalue weighted by Crippen LogP contribution is 2.27. The van der Waals surface area contributed by atoms with Crippen LogP contribution in [0.3, 0.4) is 0 Å². The zero-order valence-corrected chi connectivity index (χ0v) is 14.3. The fraction of sp³-hybridized carbons (Fsp3) is 0.167. The molecule has 0 atom stereocenters. The normalized spacial score (nSPS) is 10.4. The van der Waals surface area contributed by atoms with E-state index in [0.717, 1.165) is 5.56 Å². The predicted octanol–water partition coefficient (Wildman–Crippen LogP) is 3.06. The first-order valence-electron chi connectivity index (χ1n) is 7.59. The highest BCUT2D eigenvalue weighted by atomic mass is 16.9. The molecule has 0 aromatic heterocycles. The lowest BCUT2D eigenvalue weighted by Gasteiger charge is -2.07. The quantitative estimate of drug-likeness (QED) is 0.442. The Morgan fingerprint density at radius 2 is 1.81 bits per heavy atom. The van der Waals surface area contributed by atoms with E-state index in [4.69, 9.17) is 9.47 Å². The third kappa shape index (κ3) is 5.52. The van der Waals surface area contributed by atoms with E-state index in [2.05, 4.69) is 10.2 Å². The topological polar surface area (TPSA) is 99.9 Å². The van der Waals surface area contributed by atoms with E-state index >= 15 is 0 Å². The van der Waals surface area contributed by atoms with Crippen molar-refractivity contribution in [1.82, 2.24) is 0 Å². The lowest BCUT2D eigenvalue weighted by Crippen LogP contribution is -2.07. The number of nitrogens with one attached hydrogen (secondary N) is 1. The number of benzene rings is 2. The van der Waals surface area contributed by atoms with Crippen LogP contribution in [0, 0.1) is 10.1 Å². The molecule has 8 nitrogen and oxygen atoms in total. The minimum atomic E-state index is -0.853. The molecule has 0 aliphatic rings. The molecule has 2 rings (SSSR count). The first-order chi connectivity index (χ1) is 12.5. The summed E-state index contributed by atoms with van der Waals surface area (Å²) in [5.41, 5.74) is 1.97. The van der Waals surface area contributed by atoms with Crippen molar-refractivity contribution in [3.63, 3.8) is 0 Å². The Morgan fingerprint density at radius 1 is 1.12 bits per heavy atom. The fourth-order valence-corrected chi connectivity index (χ4v) is 2.12. The van der Waals surface area contributed by atoms with Crippen molar-refractivity contribution in [3.8, 4) is 11.5 Å². The summed E-state index contributed by atoms with van der Waals surface area (Å²) in [5.74, 6) is 0.868. The average Bonchev–Trinajstić information content (AvgIpc) is 2.65. The Kier molecular flexibility index (Phi) is 6.55. The lowest BCUT2D eigenvalue weighted by molar-refractivity contribution is -0.763. The third-order valence-corrected chi connectivity index (χ3v) is 3.39. The molecule has 8 heteroatoms. The number of ether oxygens (including phenoxy) is 2. The maximum atomic E-state index is 12.0. The summed E-state index contributed by atoms with van der Waals surface area (Å²) in [6, 6.07) is 11.9. The molecule has 2 aromatic rings. The van der Waals surface area contributed by atoms with Gasteiger partial charge in [-0.05, 0) is 41.5 Å². The van der Waals surface area contributed by atoms with Gasteiger partial charge in [-0.25, -0.2) is 0 Å².